The second kappa shape index (κ2) is 9.94. The largest absolute Gasteiger partial charge is 0.382 e. The van der Waals surface area contributed by atoms with Crippen LogP contribution in [-0.4, -0.2) is 49.2 Å². The summed E-state index contributed by atoms with van der Waals surface area (Å²) in [5.74, 6) is 1.13. The van der Waals surface area contributed by atoms with Gasteiger partial charge in [0.25, 0.3) is 5.91 Å². The topological polar surface area (TPSA) is 142 Å². The summed E-state index contributed by atoms with van der Waals surface area (Å²) in [6, 6.07) is 14.5. The third kappa shape index (κ3) is 4.66. The molecule has 10 nitrogen and oxygen atoms in total. The lowest BCUT2D eigenvalue weighted by Gasteiger charge is -2.35. The Morgan fingerprint density at radius 2 is 1.92 bits per heavy atom. The zero-order chi connectivity index (χ0) is 26.9. The first-order chi connectivity index (χ1) is 18.3. The number of anilines is 2. The van der Waals surface area contributed by atoms with Crippen LogP contribution < -0.4 is 11.1 Å². The first kappa shape index (κ1) is 24.9. The van der Waals surface area contributed by atoms with E-state index in [-0.39, 0.29) is 17.7 Å². The zero-order valence-corrected chi connectivity index (χ0v) is 21.3. The highest BCUT2D eigenvalue weighted by atomic mass is 16.2. The highest BCUT2D eigenvalue weighted by molar-refractivity contribution is 6.04. The van der Waals surface area contributed by atoms with Crippen molar-refractivity contribution in [2.24, 2.45) is 5.41 Å². The van der Waals surface area contributed by atoms with Crippen molar-refractivity contribution in [3.8, 4) is 17.3 Å². The van der Waals surface area contributed by atoms with Crippen molar-refractivity contribution in [1.29, 1.82) is 5.26 Å². The van der Waals surface area contributed by atoms with Gasteiger partial charge in [0.2, 0.25) is 5.91 Å². The van der Waals surface area contributed by atoms with Gasteiger partial charge < -0.3 is 16.0 Å². The number of amides is 2. The normalized spacial score (nSPS) is 15.7. The Morgan fingerprint density at radius 1 is 1.13 bits per heavy atom. The van der Waals surface area contributed by atoms with Crippen molar-refractivity contribution in [3.63, 3.8) is 0 Å². The van der Waals surface area contributed by atoms with E-state index in [0.717, 1.165) is 24.2 Å². The van der Waals surface area contributed by atoms with Gasteiger partial charge in [-0.15, -0.1) is 0 Å². The van der Waals surface area contributed by atoms with Crippen molar-refractivity contribution in [2.75, 3.05) is 24.1 Å². The number of hydrogen-bond acceptors (Lipinski definition) is 7. The molecule has 38 heavy (non-hydrogen) atoms. The summed E-state index contributed by atoms with van der Waals surface area (Å²) in [4.78, 5) is 40.8. The molecule has 4 heterocycles. The molecule has 3 N–H and O–H groups in total. The third-order valence-corrected chi connectivity index (χ3v) is 6.83. The van der Waals surface area contributed by atoms with Gasteiger partial charge in [0, 0.05) is 48.7 Å². The van der Waals surface area contributed by atoms with E-state index in [4.69, 9.17) is 10.7 Å². The Morgan fingerprint density at radius 3 is 2.63 bits per heavy atom. The third-order valence-electron chi connectivity index (χ3n) is 6.83. The van der Waals surface area contributed by atoms with Gasteiger partial charge in [0.1, 0.15) is 34.1 Å². The van der Waals surface area contributed by atoms with E-state index < -0.39 is 5.41 Å². The second-order valence-electron chi connectivity index (χ2n) is 9.92. The van der Waals surface area contributed by atoms with Gasteiger partial charge in [0.15, 0.2) is 0 Å². The average Bonchev–Trinajstić information content (AvgIpc) is 3.34. The Kier molecular flexibility index (Phi) is 6.51. The van der Waals surface area contributed by atoms with E-state index in [1.54, 1.807) is 61.5 Å². The van der Waals surface area contributed by atoms with Gasteiger partial charge in [0.05, 0.1) is 6.07 Å². The molecule has 1 aromatic carbocycles. The highest BCUT2D eigenvalue weighted by Crippen LogP contribution is 2.35. The zero-order valence-electron chi connectivity index (χ0n) is 21.3. The fourth-order valence-corrected chi connectivity index (χ4v) is 4.80. The minimum atomic E-state index is -1.08. The molecule has 10 heteroatoms. The highest BCUT2D eigenvalue weighted by Gasteiger charge is 2.36. The predicted molar refractivity (Wildman–Crippen MR) is 143 cm³/mol. The van der Waals surface area contributed by atoms with Gasteiger partial charge in [-0.1, -0.05) is 18.2 Å². The van der Waals surface area contributed by atoms with Crippen LogP contribution >= 0.6 is 0 Å². The molecule has 0 radical (unpaired) electrons. The summed E-state index contributed by atoms with van der Waals surface area (Å²) in [6.45, 7) is 4.38. The van der Waals surface area contributed by atoms with Crippen molar-refractivity contribution in [2.45, 2.75) is 32.6 Å². The number of nitriles is 1. The van der Waals surface area contributed by atoms with E-state index in [1.807, 2.05) is 22.7 Å². The molecule has 0 bridgehead atoms. The average molecular weight is 509 g/mol. The number of rotatable bonds is 5. The van der Waals surface area contributed by atoms with E-state index in [9.17, 15) is 14.9 Å². The number of aromatic nitrogens is 4. The number of nitrogens with two attached hydrogens (primary N) is 1. The molecule has 4 aromatic rings. The molecule has 3 aromatic heterocycles. The summed E-state index contributed by atoms with van der Waals surface area (Å²) in [5.41, 5.74) is 7.83. The van der Waals surface area contributed by atoms with Crippen LogP contribution in [0.4, 0.5) is 11.6 Å². The van der Waals surface area contributed by atoms with Gasteiger partial charge in [-0.2, -0.15) is 5.26 Å². The summed E-state index contributed by atoms with van der Waals surface area (Å²) in [5, 5.41) is 12.2. The molecule has 1 aliphatic heterocycles. The number of piperidine rings is 1. The number of nitrogens with zero attached hydrogens (tertiary/aromatic N) is 6. The lowest BCUT2D eigenvalue weighted by molar-refractivity contribution is -0.138. The summed E-state index contributed by atoms with van der Waals surface area (Å²) < 4.78 is 1.94. The van der Waals surface area contributed by atoms with E-state index in [2.05, 4.69) is 21.4 Å². The Balaban J connectivity index is 1.46. The minimum Gasteiger partial charge on any atom is -0.382 e. The molecule has 1 atom stereocenters. The lowest BCUT2D eigenvalue weighted by atomic mass is 9.90. The number of hydrogen-bond donors (Lipinski definition) is 2. The number of likely N-dealkylation sites (tertiary alicyclic amines) is 1. The van der Waals surface area contributed by atoms with Crippen LogP contribution in [0.15, 0.2) is 61.1 Å². The van der Waals surface area contributed by atoms with Crippen molar-refractivity contribution < 1.29 is 9.59 Å². The number of imidazole rings is 1. The molecule has 0 aliphatic carbocycles. The maximum atomic E-state index is 13.0. The van der Waals surface area contributed by atoms with Crippen LogP contribution in [0.3, 0.4) is 0 Å². The van der Waals surface area contributed by atoms with E-state index in [1.165, 1.54) is 0 Å². The standard InChI is InChI=1S/C28H28N8O2/c1-28(2,17-29)27(38)35-14-5-6-20(16-35)25-34-22(23-24(30)32-13-15-36(23)25)18-8-10-19(11-9-18)26(37)33-21-7-3-4-12-31-21/h3-4,7-13,15,20H,5-6,14,16H2,1-2H3,(H2,30,32)(H,31,33,37)/t20-/m1/s1. The number of fused-ring (bicyclic) bond motifs is 1. The van der Waals surface area contributed by atoms with Crippen LogP contribution in [0, 0.1) is 16.7 Å². The van der Waals surface area contributed by atoms with Crippen molar-refractivity contribution >= 4 is 29.0 Å². The summed E-state index contributed by atoms with van der Waals surface area (Å²) in [7, 11) is 0. The molecule has 1 aliphatic rings. The maximum Gasteiger partial charge on any atom is 0.256 e. The first-order valence-electron chi connectivity index (χ1n) is 12.4. The number of carbonyl (C=O) groups is 2. The molecule has 1 saturated heterocycles. The molecule has 5 rings (SSSR count). The maximum absolute atomic E-state index is 13.0. The monoisotopic (exact) mass is 508 g/mol. The number of benzene rings is 1. The van der Waals surface area contributed by atoms with Crippen LogP contribution in [0.1, 0.15) is 48.8 Å². The molecule has 2 amide bonds. The fourth-order valence-electron chi connectivity index (χ4n) is 4.80. The van der Waals surface area contributed by atoms with Crippen LogP contribution in [0.5, 0.6) is 0 Å². The number of nitrogens with one attached hydrogen (secondary N) is 1. The first-order valence-corrected chi connectivity index (χ1v) is 12.4. The molecular weight excluding hydrogens is 480 g/mol. The molecule has 1 fully saturated rings. The van der Waals surface area contributed by atoms with E-state index >= 15 is 0 Å². The molecular formula is C28H28N8O2. The van der Waals surface area contributed by atoms with Gasteiger partial charge in [-0.3, -0.25) is 14.0 Å². The second-order valence-corrected chi connectivity index (χ2v) is 9.92. The van der Waals surface area contributed by atoms with Crippen LogP contribution in [-0.2, 0) is 4.79 Å². The fraction of sp³-hybridized carbons (Fsp3) is 0.286. The molecule has 0 saturated carbocycles. The summed E-state index contributed by atoms with van der Waals surface area (Å²) in [6.07, 6.45) is 6.73. The van der Waals surface area contributed by atoms with Crippen LogP contribution in [0.2, 0.25) is 0 Å². The Labute approximate surface area is 220 Å². The van der Waals surface area contributed by atoms with Gasteiger partial charge >= 0.3 is 0 Å². The van der Waals surface area contributed by atoms with E-state index in [0.29, 0.717) is 41.5 Å². The summed E-state index contributed by atoms with van der Waals surface area (Å²) >= 11 is 0. The quantitative estimate of drug-likeness (QED) is 0.416. The molecule has 0 unspecified atom stereocenters. The van der Waals surface area contributed by atoms with Gasteiger partial charge in [-0.25, -0.2) is 15.0 Å². The number of nitrogen functional groups attached to an aromatic ring is 1. The van der Waals surface area contributed by atoms with Crippen LogP contribution in [0.25, 0.3) is 16.8 Å². The predicted octanol–water partition coefficient (Wildman–Crippen LogP) is 3.88. The minimum absolute atomic E-state index is 0.0336. The Hall–Kier alpha value is -4.78. The van der Waals surface area contributed by atoms with Crippen molar-refractivity contribution in [3.05, 3.63) is 72.4 Å². The molecule has 0 spiro atoms. The Bertz CT molecular complexity index is 1540. The van der Waals surface area contributed by atoms with Crippen molar-refractivity contribution in [1.82, 2.24) is 24.3 Å². The molecule has 192 valence electrons. The number of carbonyl (C=O) groups excluding carboxylic acids is 2. The number of pyridine rings is 1. The SMILES string of the molecule is CC(C)(C#N)C(=O)N1CCC[C@@H](c2nc(-c3ccc(C(=O)Nc4ccccn4)cc3)c3c(N)nccn23)C1. The van der Waals surface area contributed by atoms with Gasteiger partial charge in [-0.05, 0) is 51.0 Å². The smallest absolute Gasteiger partial charge is 0.256 e. The lowest BCUT2D eigenvalue weighted by Crippen LogP contribution is -2.45.